The molecule has 1 heterocycles. The van der Waals surface area contributed by atoms with E-state index < -0.39 is 0 Å². The number of hydrogen-bond acceptors (Lipinski definition) is 3. The number of piperidine rings is 1. The topological polar surface area (TPSA) is 50.4 Å². The van der Waals surface area contributed by atoms with Crippen LogP contribution in [0.3, 0.4) is 0 Å². The van der Waals surface area contributed by atoms with Crippen LogP contribution in [0.2, 0.25) is 5.02 Å². The van der Waals surface area contributed by atoms with Gasteiger partial charge in [0.2, 0.25) is 5.91 Å². The number of ether oxygens (including phenoxy) is 1. The number of carbonyl (C=O) groups excluding carboxylic acids is 1. The second kappa shape index (κ2) is 7.98. The molecule has 20 heavy (non-hydrogen) atoms. The summed E-state index contributed by atoms with van der Waals surface area (Å²) in [6.07, 6.45) is 2.68. The van der Waals surface area contributed by atoms with Crippen LogP contribution in [0.5, 0.6) is 0 Å². The zero-order chi connectivity index (χ0) is 14.4. The van der Waals surface area contributed by atoms with E-state index >= 15 is 0 Å². The van der Waals surface area contributed by atoms with Gasteiger partial charge in [0.1, 0.15) is 0 Å². The molecule has 1 aromatic carbocycles. The van der Waals surface area contributed by atoms with Gasteiger partial charge in [0.05, 0.1) is 24.2 Å². The number of benzene rings is 1. The average Bonchev–Trinajstić information content (AvgIpc) is 2.44. The Labute approximate surface area is 132 Å². The van der Waals surface area contributed by atoms with Gasteiger partial charge in [0, 0.05) is 10.2 Å². The summed E-state index contributed by atoms with van der Waals surface area (Å²) in [4.78, 5) is 11.8. The lowest BCUT2D eigenvalue weighted by Crippen LogP contribution is -2.33. The van der Waals surface area contributed by atoms with Gasteiger partial charge < -0.3 is 15.4 Å². The maximum absolute atomic E-state index is 11.8. The molecule has 0 aromatic heterocycles. The van der Waals surface area contributed by atoms with Gasteiger partial charge in [-0.2, -0.15) is 0 Å². The van der Waals surface area contributed by atoms with E-state index in [1.165, 1.54) is 0 Å². The van der Waals surface area contributed by atoms with Crippen molar-refractivity contribution in [3.05, 3.63) is 27.7 Å². The first-order chi connectivity index (χ1) is 9.65. The Balaban J connectivity index is 1.70. The highest BCUT2D eigenvalue weighted by Crippen LogP contribution is 2.25. The Hall–Kier alpha value is -0.620. The van der Waals surface area contributed by atoms with Crippen LogP contribution in [-0.2, 0) is 9.53 Å². The maximum atomic E-state index is 11.8. The zero-order valence-electron chi connectivity index (χ0n) is 11.1. The van der Waals surface area contributed by atoms with Crippen molar-refractivity contribution < 1.29 is 9.53 Å². The fourth-order valence-electron chi connectivity index (χ4n) is 2.08. The summed E-state index contributed by atoms with van der Waals surface area (Å²) in [5.74, 6) is -0.0580. The largest absolute Gasteiger partial charge is 0.378 e. The van der Waals surface area contributed by atoms with E-state index in [2.05, 4.69) is 26.6 Å². The Bertz CT molecular complexity index is 464. The summed E-state index contributed by atoms with van der Waals surface area (Å²) in [6, 6.07) is 5.34. The van der Waals surface area contributed by atoms with E-state index in [0.29, 0.717) is 23.7 Å². The summed E-state index contributed by atoms with van der Waals surface area (Å²) >= 11 is 9.29. The van der Waals surface area contributed by atoms with E-state index in [1.54, 1.807) is 6.07 Å². The fourth-order valence-corrected chi connectivity index (χ4v) is 2.50. The summed E-state index contributed by atoms with van der Waals surface area (Å²) < 4.78 is 6.51. The molecule has 1 aliphatic heterocycles. The third-order valence-corrected chi connectivity index (χ3v) is 4.40. The Morgan fingerprint density at radius 1 is 1.45 bits per heavy atom. The molecule has 0 unspecified atom stereocenters. The minimum atomic E-state index is -0.0580. The molecule has 4 nitrogen and oxygen atoms in total. The summed E-state index contributed by atoms with van der Waals surface area (Å²) in [5.41, 5.74) is 0.699. The first kappa shape index (κ1) is 15.8. The monoisotopic (exact) mass is 360 g/mol. The van der Waals surface area contributed by atoms with Crippen LogP contribution >= 0.6 is 27.5 Å². The SMILES string of the molecule is O=C(CCOC1CCNCC1)Nc1ccc(Br)c(Cl)c1. The first-order valence-electron chi connectivity index (χ1n) is 6.72. The number of rotatable bonds is 5. The molecule has 1 amide bonds. The predicted molar refractivity (Wildman–Crippen MR) is 84.2 cm³/mol. The van der Waals surface area contributed by atoms with Crippen LogP contribution in [0.1, 0.15) is 19.3 Å². The Morgan fingerprint density at radius 3 is 2.90 bits per heavy atom. The lowest BCUT2D eigenvalue weighted by atomic mass is 10.1. The molecule has 0 aliphatic carbocycles. The molecule has 2 N–H and O–H groups in total. The number of amides is 1. The van der Waals surface area contributed by atoms with Crippen molar-refractivity contribution in [3.63, 3.8) is 0 Å². The molecular formula is C14H18BrClN2O2. The molecule has 0 spiro atoms. The van der Waals surface area contributed by atoms with Crippen LogP contribution in [0.15, 0.2) is 22.7 Å². The van der Waals surface area contributed by atoms with Crippen molar-refractivity contribution in [2.75, 3.05) is 25.0 Å². The van der Waals surface area contributed by atoms with Gasteiger partial charge in [-0.3, -0.25) is 4.79 Å². The second-order valence-electron chi connectivity index (χ2n) is 4.75. The van der Waals surface area contributed by atoms with E-state index in [-0.39, 0.29) is 12.0 Å². The van der Waals surface area contributed by atoms with Crippen molar-refractivity contribution in [1.82, 2.24) is 5.32 Å². The van der Waals surface area contributed by atoms with E-state index in [9.17, 15) is 4.79 Å². The molecule has 1 fully saturated rings. The maximum Gasteiger partial charge on any atom is 0.226 e. The number of carbonyl (C=O) groups is 1. The number of halogens is 2. The number of anilines is 1. The molecule has 1 aliphatic rings. The molecule has 0 saturated carbocycles. The van der Waals surface area contributed by atoms with E-state index in [0.717, 1.165) is 30.4 Å². The Morgan fingerprint density at radius 2 is 2.20 bits per heavy atom. The zero-order valence-corrected chi connectivity index (χ0v) is 13.5. The van der Waals surface area contributed by atoms with Gasteiger partial charge in [-0.25, -0.2) is 0 Å². The molecule has 6 heteroatoms. The molecular weight excluding hydrogens is 344 g/mol. The summed E-state index contributed by atoms with van der Waals surface area (Å²) in [5, 5.41) is 6.67. The smallest absolute Gasteiger partial charge is 0.226 e. The third-order valence-electron chi connectivity index (χ3n) is 3.17. The van der Waals surface area contributed by atoms with Crippen LogP contribution in [0.25, 0.3) is 0 Å². The van der Waals surface area contributed by atoms with Crippen molar-refractivity contribution in [2.24, 2.45) is 0 Å². The molecule has 1 aromatic rings. The lowest BCUT2D eigenvalue weighted by Gasteiger charge is -2.22. The molecule has 1 saturated heterocycles. The van der Waals surface area contributed by atoms with Crippen LogP contribution < -0.4 is 10.6 Å². The molecule has 0 atom stereocenters. The average molecular weight is 362 g/mol. The fraction of sp³-hybridized carbons (Fsp3) is 0.500. The molecule has 0 radical (unpaired) electrons. The third kappa shape index (κ3) is 5.05. The van der Waals surface area contributed by atoms with Crippen molar-refractivity contribution in [1.29, 1.82) is 0 Å². The van der Waals surface area contributed by atoms with Crippen molar-refractivity contribution in [2.45, 2.75) is 25.4 Å². The van der Waals surface area contributed by atoms with Gasteiger partial charge in [0.25, 0.3) is 0 Å². The normalized spacial score (nSPS) is 16.1. The molecule has 2 rings (SSSR count). The summed E-state index contributed by atoms with van der Waals surface area (Å²) in [7, 11) is 0. The summed E-state index contributed by atoms with van der Waals surface area (Å²) in [6.45, 7) is 2.45. The minimum Gasteiger partial charge on any atom is -0.378 e. The van der Waals surface area contributed by atoms with Gasteiger partial charge in [0.15, 0.2) is 0 Å². The molecule has 110 valence electrons. The van der Waals surface area contributed by atoms with Crippen molar-refractivity contribution >= 4 is 39.1 Å². The van der Waals surface area contributed by atoms with E-state index in [1.807, 2.05) is 12.1 Å². The molecule has 0 bridgehead atoms. The highest BCUT2D eigenvalue weighted by molar-refractivity contribution is 9.10. The van der Waals surface area contributed by atoms with Gasteiger partial charge >= 0.3 is 0 Å². The second-order valence-corrected chi connectivity index (χ2v) is 6.01. The van der Waals surface area contributed by atoms with Gasteiger partial charge in [-0.15, -0.1) is 0 Å². The highest BCUT2D eigenvalue weighted by atomic mass is 79.9. The minimum absolute atomic E-state index is 0.0580. The van der Waals surface area contributed by atoms with Crippen LogP contribution in [0, 0.1) is 0 Å². The predicted octanol–water partition coefficient (Wildman–Crippen LogP) is 3.20. The van der Waals surface area contributed by atoms with Gasteiger partial charge in [-0.1, -0.05) is 11.6 Å². The highest BCUT2D eigenvalue weighted by Gasteiger charge is 2.13. The van der Waals surface area contributed by atoms with Gasteiger partial charge in [-0.05, 0) is 60.1 Å². The van der Waals surface area contributed by atoms with E-state index in [4.69, 9.17) is 16.3 Å². The number of nitrogens with one attached hydrogen (secondary N) is 2. The lowest BCUT2D eigenvalue weighted by molar-refractivity contribution is -0.117. The van der Waals surface area contributed by atoms with Crippen molar-refractivity contribution in [3.8, 4) is 0 Å². The quantitative estimate of drug-likeness (QED) is 0.847. The number of hydrogen-bond donors (Lipinski definition) is 2. The first-order valence-corrected chi connectivity index (χ1v) is 7.89. The standard InChI is InChI=1S/C14H18BrClN2O2/c15-12-2-1-10(9-13(12)16)18-14(19)5-8-20-11-3-6-17-7-4-11/h1-2,9,11,17H,3-8H2,(H,18,19). The van der Waals surface area contributed by atoms with Crippen LogP contribution in [-0.4, -0.2) is 31.7 Å². The Kier molecular flexibility index (Phi) is 6.29. The van der Waals surface area contributed by atoms with Crippen LogP contribution in [0.4, 0.5) is 5.69 Å².